The van der Waals surface area contributed by atoms with Gasteiger partial charge >= 0.3 is 0 Å². The van der Waals surface area contributed by atoms with Crippen LogP contribution < -0.4 is 0 Å². The van der Waals surface area contributed by atoms with Crippen LogP contribution in [0.25, 0.3) is 5.57 Å². The molecule has 0 saturated heterocycles. The normalized spacial score (nSPS) is 16.6. The maximum absolute atomic E-state index is 6.19. The van der Waals surface area contributed by atoms with Crippen LogP contribution in [0.2, 0.25) is 0 Å². The van der Waals surface area contributed by atoms with Gasteiger partial charge in [0.05, 0.1) is 0 Å². The molecular formula is C12H9BrCl2. The summed E-state index contributed by atoms with van der Waals surface area (Å²) < 4.78 is 1.06. The summed E-state index contributed by atoms with van der Waals surface area (Å²) in [5.41, 5.74) is 2.15. The number of rotatable bonds is 1. The van der Waals surface area contributed by atoms with Gasteiger partial charge < -0.3 is 0 Å². The second-order valence-corrected chi connectivity index (χ2v) is 5.27. The van der Waals surface area contributed by atoms with Crippen molar-refractivity contribution in [2.75, 3.05) is 0 Å². The van der Waals surface area contributed by atoms with Crippen LogP contribution in [0.4, 0.5) is 0 Å². The van der Waals surface area contributed by atoms with Crippen LogP contribution in [0.15, 0.2) is 44.9 Å². The minimum atomic E-state index is 0.836. The molecule has 0 heterocycles. The highest BCUT2D eigenvalue weighted by atomic mass is 79.9. The lowest BCUT2D eigenvalue weighted by molar-refractivity contribution is 1.00. The molecule has 0 aliphatic heterocycles. The van der Waals surface area contributed by atoms with E-state index in [2.05, 4.69) is 15.9 Å². The summed E-state index contributed by atoms with van der Waals surface area (Å²) in [5, 5.41) is 1.76. The molecule has 3 heteroatoms. The quantitative estimate of drug-likeness (QED) is 0.659. The van der Waals surface area contributed by atoms with Crippen molar-refractivity contribution < 1.29 is 0 Å². The molecule has 1 aromatic rings. The first-order valence-electron chi connectivity index (χ1n) is 4.67. The molecule has 1 aliphatic carbocycles. The molecule has 0 bridgehead atoms. The lowest BCUT2D eigenvalue weighted by Crippen LogP contribution is -1.92. The van der Waals surface area contributed by atoms with E-state index in [-0.39, 0.29) is 0 Å². The molecule has 0 amide bonds. The fourth-order valence-corrected chi connectivity index (χ4v) is 2.27. The Kier molecular flexibility index (Phi) is 3.55. The summed E-state index contributed by atoms with van der Waals surface area (Å²) in [7, 11) is 0. The Morgan fingerprint density at radius 1 is 1.00 bits per heavy atom. The van der Waals surface area contributed by atoms with Gasteiger partial charge in [-0.1, -0.05) is 51.3 Å². The Bertz CT molecular complexity index is 429. The van der Waals surface area contributed by atoms with Crippen molar-refractivity contribution in [2.24, 2.45) is 0 Å². The lowest BCUT2D eigenvalue weighted by atomic mass is 9.99. The smallest absolute Gasteiger partial charge is 0.0263 e. The van der Waals surface area contributed by atoms with E-state index in [1.54, 1.807) is 0 Å². The number of halogens is 3. The van der Waals surface area contributed by atoms with Crippen molar-refractivity contribution in [3.63, 3.8) is 0 Å². The fraction of sp³-hybridized carbons (Fsp3) is 0.167. The molecule has 0 radical (unpaired) electrons. The first-order valence-corrected chi connectivity index (χ1v) is 6.22. The average molecular weight is 304 g/mol. The zero-order valence-corrected chi connectivity index (χ0v) is 11.0. The Morgan fingerprint density at radius 3 is 2.33 bits per heavy atom. The van der Waals surface area contributed by atoms with Gasteiger partial charge in [0.1, 0.15) is 0 Å². The van der Waals surface area contributed by atoms with Crippen LogP contribution in [-0.2, 0) is 0 Å². The minimum absolute atomic E-state index is 0.836. The van der Waals surface area contributed by atoms with E-state index in [0.717, 1.165) is 38.5 Å². The Hall–Kier alpha value is -0.240. The molecule has 0 aromatic heterocycles. The largest absolute Gasteiger partial charge is 0.0891 e. The molecular weight excluding hydrogens is 295 g/mol. The van der Waals surface area contributed by atoms with E-state index in [4.69, 9.17) is 23.2 Å². The van der Waals surface area contributed by atoms with Crippen molar-refractivity contribution >= 4 is 44.7 Å². The summed E-state index contributed by atoms with van der Waals surface area (Å²) in [4.78, 5) is 0. The molecule has 0 N–H and O–H groups in total. The number of allylic oxidation sites excluding steroid dienone is 4. The van der Waals surface area contributed by atoms with Crippen LogP contribution >= 0.6 is 39.1 Å². The maximum atomic E-state index is 6.19. The summed E-state index contributed by atoms with van der Waals surface area (Å²) in [6.07, 6.45) is 3.64. The molecule has 1 aliphatic rings. The molecule has 0 fully saturated rings. The molecule has 2 rings (SSSR count). The molecule has 15 heavy (non-hydrogen) atoms. The van der Waals surface area contributed by atoms with Gasteiger partial charge in [-0.15, -0.1) is 0 Å². The Labute approximate surface area is 108 Å². The van der Waals surface area contributed by atoms with Crippen molar-refractivity contribution in [2.45, 2.75) is 12.8 Å². The number of hydrogen-bond acceptors (Lipinski definition) is 0. The van der Waals surface area contributed by atoms with Crippen molar-refractivity contribution in [3.05, 3.63) is 50.4 Å². The lowest BCUT2D eigenvalue weighted by Gasteiger charge is -2.13. The van der Waals surface area contributed by atoms with E-state index in [1.165, 1.54) is 0 Å². The fourth-order valence-electron chi connectivity index (χ4n) is 1.54. The maximum Gasteiger partial charge on any atom is 0.0263 e. The predicted octanol–water partition coefficient (Wildman–Crippen LogP) is 5.32. The third-order valence-electron chi connectivity index (χ3n) is 2.33. The highest BCUT2D eigenvalue weighted by molar-refractivity contribution is 9.10. The van der Waals surface area contributed by atoms with Gasteiger partial charge in [0, 0.05) is 14.5 Å². The number of hydrogen-bond donors (Lipinski definition) is 0. The van der Waals surface area contributed by atoms with E-state index >= 15 is 0 Å². The van der Waals surface area contributed by atoms with E-state index in [0.29, 0.717) is 0 Å². The van der Waals surface area contributed by atoms with Crippen LogP contribution in [0.3, 0.4) is 0 Å². The van der Waals surface area contributed by atoms with E-state index in [1.807, 2.05) is 30.3 Å². The van der Waals surface area contributed by atoms with Gasteiger partial charge in [0.25, 0.3) is 0 Å². The highest BCUT2D eigenvalue weighted by Gasteiger charge is 2.11. The zero-order chi connectivity index (χ0) is 10.8. The van der Waals surface area contributed by atoms with Gasteiger partial charge in [-0.2, -0.15) is 0 Å². The van der Waals surface area contributed by atoms with Gasteiger partial charge in [-0.3, -0.25) is 0 Å². The monoisotopic (exact) mass is 302 g/mol. The standard InChI is InChI=1S/C12H9BrCl2/c13-9-3-1-8(2-4-9)11-7-10(14)5-6-12(11)15/h1-4,7H,5-6H2. The minimum Gasteiger partial charge on any atom is -0.0891 e. The first kappa shape index (κ1) is 11.3. The Balaban J connectivity index is 2.42. The van der Waals surface area contributed by atoms with E-state index < -0.39 is 0 Å². The van der Waals surface area contributed by atoms with Crippen molar-refractivity contribution in [1.29, 1.82) is 0 Å². The Morgan fingerprint density at radius 2 is 1.67 bits per heavy atom. The summed E-state index contributed by atoms with van der Waals surface area (Å²) in [5.74, 6) is 0. The van der Waals surface area contributed by atoms with Crippen LogP contribution in [0.1, 0.15) is 18.4 Å². The third kappa shape index (κ3) is 2.66. The molecule has 0 unspecified atom stereocenters. The molecule has 0 atom stereocenters. The van der Waals surface area contributed by atoms with Gasteiger partial charge in [-0.05, 0) is 42.2 Å². The van der Waals surface area contributed by atoms with Gasteiger partial charge in [0.15, 0.2) is 0 Å². The number of benzene rings is 1. The molecule has 1 aromatic carbocycles. The predicted molar refractivity (Wildman–Crippen MR) is 70.1 cm³/mol. The van der Waals surface area contributed by atoms with E-state index in [9.17, 15) is 0 Å². The summed E-state index contributed by atoms with van der Waals surface area (Å²) >= 11 is 15.6. The first-order chi connectivity index (χ1) is 7.16. The SMILES string of the molecule is ClC1=CC(c2ccc(Br)cc2)=C(Cl)CC1. The van der Waals surface area contributed by atoms with Crippen LogP contribution in [-0.4, -0.2) is 0 Å². The molecule has 0 nitrogen and oxygen atoms in total. The van der Waals surface area contributed by atoms with Gasteiger partial charge in [0.2, 0.25) is 0 Å². The highest BCUT2D eigenvalue weighted by Crippen LogP contribution is 2.34. The van der Waals surface area contributed by atoms with Crippen molar-refractivity contribution in [3.8, 4) is 0 Å². The second-order valence-electron chi connectivity index (χ2n) is 3.42. The summed E-state index contributed by atoms with van der Waals surface area (Å²) in [6, 6.07) is 8.08. The molecule has 0 spiro atoms. The summed E-state index contributed by atoms with van der Waals surface area (Å²) in [6.45, 7) is 0. The van der Waals surface area contributed by atoms with Crippen LogP contribution in [0, 0.1) is 0 Å². The second kappa shape index (κ2) is 4.73. The van der Waals surface area contributed by atoms with Crippen molar-refractivity contribution in [1.82, 2.24) is 0 Å². The molecule has 0 saturated carbocycles. The topological polar surface area (TPSA) is 0 Å². The third-order valence-corrected chi connectivity index (χ3v) is 3.55. The zero-order valence-electron chi connectivity index (χ0n) is 7.93. The average Bonchev–Trinajstić information content (AvgIpc) is 2.23. The molecule has 78 valence electrons. The van der Waals surface area contributed by atoms with Gasteiger partial charge in [-0.25, -0.2) is 0 Å². The van der Waals surface area contributed by atoms with Crippen LogP contribution in [0.5, 0.6) is 0 Å².